The predicted molar refractivity (Wildman–Crippen MR) is 76.6 cm³/mol. The second-order valence-corrected chi connectivity index (χ2v) is 5.89. The van der Waals surface area contributed by atoms with Crippen molar-refractivity contribution in [2.45, 2.75) is 39.2 Å². The highest BCUT2D eigenvalue weighted by Gasteiger charge is 2.15. The van der Waals surface area contributed by atoms with E-state index in [9.17, 15) is 4.79 Å². The zero-order valence-electron chi connectivity index (χ0n) is 11.9. The van der Waals surface area contributed by atoms with Gasteiger partial charge in [0.1, 0.15) is 12.4 Å². The van der Waals surface area contributed by atoms with Gasteiger partial charge in [-0.25, -0.2) is 0 Å². The van der Waals surface area contributed by atoms with Gasteiger partial charge in [0.15, 0.2) is 0 Å². The fourth-order valence-corrected chi connectivity index (χ4v) is 2.04. The van der Waals surface area contributed by atoms with E-state index in [4.69, 9.17) is 4.74 Å². The van der Waals surface area contributed by atoms with Gasteiger partial charge < -0.3 is 15.4 Å². The molecule has 0 radical (unpaired) electrons. The lowest BCUT2D eigenvalue weighted by Crippen LogP contribution is -2.38. The molecule has 0 atom stereocenters. The van der Waals surface area contributed by atoms with Crippen molar-refractivity contribution < 1.29 is 9.53 Å². The first-order valence-corrected chi connectivity index (χ1v) is 6.75. The summed E-state index contributed by atoms with van der Waals surface area (Å²) >= 11 is 0. The van der Waals surface area contributed by atoms with Crippen molar-refractivity contribution in [1.29, 1.82) is 0 Å². The molecule has 0 spiro atoms. The van der Waals surface area contributed by atoms with Gasteiger partial charge in [0.25, 0.3) is 0 Å². The molecule has 19 heavy (non-hydrogen) atoms. The predicted octanol–water partition coefficient (Wildman–Crippen LogP) is 2.34. The highest BCUT2D eigenvalue weighted by Crippen LogP contribution is 2.26. The van der Waals surface area contributed by atoms with Gasteiger partial charge in [0.05, 0.1) is 0 Å². The van der Waals surface area contributed by atoms with Crippen molar-refractivity contribution >= 4 is 11.6 Å². The van der Waals surface area contributed by atoms with Gasteiger partial charge >= 0.3 is 0 Å². The van der Waals surface area contributed by atoms with Crippen LogP contribution < -0.4 is 15.4 Å². The molecule has 0 aromatic heterocycles. The van der Waals surface area contributed by atoms with Crippen molar-refractivity contribution in [3.05, 3.63) is 23.8 Å². The molecule has 1 aromatic rings. The molecule has 0 unspecified atom stereocenters. The molecule has 4 nitrogen and oxygen atoms in total. The minimum absolute atomic E-state index is 0.0825. The smallest absolute Gasteiger partial charge is 0.224 e. The summed E-state index contributed by atoms with van der Waals surface area (Å²) in [5.41, 5.74) is 2.17. The molecular weight excluding hydrogens is 240 g/mol. The van der Waals surface area contributed by atoms with Crippen LogP contribution in [0.15, 0.2) is 18.2 Å². The van der Waals surface area contributed by atoms with Crippen LogP contribution in [0.25, 0.3) is 0 Å². The lowest BCUT2D eigenvalue weighted by molar-refractivity contribution is -0.116. The molecule has 0 aliphatic carbocycles. The standard InChI is InChI=1S/C15H22N2O2/c1-15(2,3)16-8-9-19-12-6-4-11-5-7-14(18)17-13(11)10-12/h4,6,10,16H,5,7-9H2,1-3H3,(H,17,18). The third-order valence-electron chi connectivity index (χ3n) is 3.00. The number of carbonyl (C=O) groups excluding carboxylic acids is 1. The number of benzene rings is 1. The van der Waals surface area contributed by atoms with Gasteiger partial charge in [0, 0.05) is 30.3 Å². The van der Waals surface area contributed by atoms with E-state index >= 15 is 0 Å². The third kappa shape index (κ3) is 4.24. The van der Waals surface area contributed by atoms with Crippen LogP contribution in [0.4, 0.5) is 5.69 Å². The first-order chi connectivity index (χ1) is 8.94. The van der Waals surface area contributed by atoms with E-state index in [1.165, 1.54) is 5.56 Å². The van der Waals surface area contributed by atoms with E-state index in [2.05, 4.69) is 31.4 Å². The molecule has 104 valence electrons. The molecule has 1 heterocycles. The molecule has 0 bridgehead atoms. The molecule has 0 fully saturated rings. The second kappa shape index (κ2) is 5.61. The second-order valence-electron chi connectivity index (χ2n) is 5.89. The van der Waals surface area contributed by atoms with Crippen LogP contribution in [0.3, 0.4) is 0 Å². The Morgan fingerprint density at radius 1 is 1.32 bits per heavy atom. The highest BCUT2D eigenvalue weighted by molar-refractivity contribution is 5.94. The van der Waals surface area contributed by atoms with Crippen molar-refractivity contribution in [3.63, 3.8) is 0 Å². The maximum Gasteiger partial charge on any atom is 0.224 e. The zero-order valence-corrected chi connectivity index (χ0v) is 11.9. The summed E-state index contributed by atoms with van der Waals surface area (Å²) in [6, 6.07) is 5.90. The van der Waals surface area contributed by atoms with Gasteiger partial charge in [-0.2, -0.15) is 0 Å². The van der Waals surface area contributed by atoms with Crippen LogP contribution in [0.1, 0.15) is 32.8 Å². The van der Waals surface area contributed by atoms with Crippen molar-refractivity contribution in [2.24, 2.45) is 0 Å². The number of amides is 1. The molecule has 2 rings (SSSR count). The molecule has 1 aromatic carbocycles. The minimum Gasteiger partial charge on any atom is -0.492 e. The van der Waals surface area contributed by atoms with E-state index in [0.717, 1.165) is 24.4 Å². The molecule has 1 aliphatic heterocycles. The summed E-state index contributed by atoms with van der Waals surface area (Å²) in [6.07, 6.45) is 1.38. The summed E-state index contributed by atoms with van der Waals surface area (Å²) in [7, 11) is 0. The molecule has 0 saturated heterocycles. The van der Waals surface area contributed by atoms with Gasteiger partial charge in [-0.05, 0) is 38.8 Å². The molecule has 2 N–H and O–H groups in total. The van der Waals surface area contributed by atoms with Crippen LogP contribution in [-0.2, 0) is 11.2 Å². The van der Waals surface area contributed by atoms with Gasteiger partial charge in [-0.1, -0.05) is 6.07 Å². The monoisotopic (exact) mass is 262 g/mol. The SMILES string of the molecule is CC(C)(C)NCCOc1ccc2c(c1)NC(=O)CC2. The Balaban J connectivity index is 1.88. The number of carbonyl (C=O) groups is 1. The Labute approximate surface area is 114 Å². The van der Waals surface area contributed by atoms with Gasteiger partial charge in [-0.15, -0.1) is 0 Å². The Morgan fingerprint density at radius 2 is 2.11 bits per heavy atom. The third-order valence-corrected chi connectivity index (χ3v) is 3.00. The number of ether oxygens (including phenoxy) is 1. The summed E-state index contributed by atoms with van der Waals surface area (Å²) in [6.45, 7) is 7.79. The van der Waals surface area contributed by atoms with Crippen LogP contribution in [0.5, 0.6) is 5.75 Å². The number of fused-ring (bicyclic) bond motifs is 1. The van der Waals surface area contributed by atoms with E-state index in [1.807, 2.05) is 18.2 Å². The Hall–Kier alpha value is -1.55. The van der Waals surface area contributed by atoms with Crippen LogP contribution in [-0.4, -0.2) is 24.6 Å². The zero-order chi connectivity index (χ0) is 13.9. The molecule has 1 amide bonds. The van der Waals surface area contributed by atoms with Crippen molar-refractivity contribution in [3.8, 4) is 5.75 Å². The first-order valence-electron chi connectivity index (χ1n) is 6.75. The number of anilines is 1. The van der Waals surface area contributed by atoms with E-state index in [1.54, 1.807) is 0 Å². The van der Waals surface area contributed by atoms with Crippen molar-refractivity contribution in [1.82, 2.24) is 5.32 Å². The quantitative estimate of drug-likeness (QED) is 0.819. The largest absolute Gasteiger partial charge is 0.492 e. The maximum atomic E-state index is 11.3. The molecule has 4 heteroatoms. The first kappa shape index (κ1) is 13.9. The fraction of sp³-hybridized carbons (Fsp3) is 0.533. The lowest BCUT2D eigenvalue weighted by Gasteiger charge is -2.21. The summed E-state index contributed by atoms with van der Waals surface area (Å²) in [5.74, 6) is 0.885. The Kier molecular flexibility index (Phi) is 4.10. The van der Waals surface area contributed by atoms with Gasteiger partial charge in [0.2, 0.25) is 5.91 Å². The minimum atomic E-state index is 0.0825. The van der Waals surface area contributed by atoms with Crippen LogP contribution >= 0.6 is 0 Å². The summed E-state index contributed by atoms with van der Waals surface area (Å²) < 4.78 is 5.69. The average Bonchev–Trinajstić information content (AvgIpc) is 2.33. The van der Waals surface area contributed by atoms with Crippen molar-refractivity contribution in [2.75, 3.05) is 18.5 Å². The number of hydrogen-bond acceptors (Lipinski definition) is 3. The Bertz CT molecular complexity index is 464. The van der Waals surface area contributed by atoms with Crippen LogP contribution in [0, 0.1) is 0 Å². The van der Waals surface area contributed by atoms with E-state index in [0.29, 0.717) is 13.0 Å². The van der Waals surface area contributed by atoms with Crippen LogP contribution in [0.2, 0.25) is 0 Å². The number of nitrogens with one attached hydrogen (secondary N) is 2. The highest BCUT2D eigenvalue weighted by atomic mass is 16.5. The summed E-state index contributed by atoms with van der Waals surface area (Å²) in [5, 5.41) is 6.25. The average molecular weight is 262 g/mol. The number of rotatable bonds is 4. The Morgan fingerprint density at radius 3 is 2.84 bits per heavy atom. The number of hydrogen-bond donors (Lipinski definition) is 2. The molecular formula is C15H22N2O2. The van der Waals surface area contributed by atoms with Gasteiger partial charge in [-0.3, -0.25) is 4.79 Å². The van der Waals surface area contributed by atoms with E-state index in [-0.39, 0.29) is 11.4 Å². The van der Waals surface area contributed by atoms with E-state index < -0.39 is 0 Å². The number of aryl methyl sites for hydroxylation is 1. The topological polar surface area (TPSA) is 50.4 Å². The molecule has 0 saturated carbocycles. The lowest BCUT2D eigenvalue weighted by atomic mass is 10.0. The summed E-state index contributed by atoms with van der Waals surface area (Å²) in [4.78, 5) is 11.3. The fourth-order valence-electron chi connectivity index (χ4n) is 2.04. The normalized spacial score (nSPS) is 14.8. The molecule has 1 aliphatic rings. The maximum absolute atomic E-state index is 11.3.